The van der Waals surface area contributed by atoms with Crippen LogP contribution >= 0.6 is 0 Å². The molecule has 0 saturated carbocycles. The summed E-state index contributed by atoms with van der Waals surface area (Å²) in [6, 6.07) is 0.129. The molecule has 1 heterocycles. The zero-order valence-electron chi connectivity index (χ0n) is 7.42. The third-order valence-electron chi connectivity index (χ3n) is 1.40. The number of nitrogens with zero attached hydrogens (tertiary/aromatic N) is 3. The Morgan fingerprint density at radius 3 is 2.64 bits per heavy atom. The fourth-order valence-electron chi connectivity index (χ4n) is 0.725. The van der Waals surface area contributed by atoms with Gasteiger partial charge in [-0.1, -0.05) is 0 Å². The number of ether oxygens (including phenoxy) is 1. The van der Waals surface area contributed by atoms with Gasteiger partial charge < -0.3 is 10.5 Å². The van der Waals surface area contributed by atoms with Crippen LogP contribution in [0.3, 0.4) is 0 Å². The highest BCUT2D eigenvalue weighted by Crippen LogP contribution is 2.09. The van der Waals surface area contributed by atoms with Crippen molar-refractivity contribution in [1.82, 2.24) is 9.97 Å². The maximum Gasteiger partial charge on any atom is 0.316 e. The van der Waals surface area contributed by atoms with E-state index in [0.717, 1.165) is 12.4 Å². The lowest BCUT2D eigenvalue weighted by Gasteiger charge is -2.01. The molecular formula is C7H10N4O3. The van der Waals surface area contributed by atoms with Gasteiger partial charge in [0, 0.05) is 0 Å². The van der Waals surface area contributed by atoms with Crippen molar-refractivity contribution < 1.29 is 9.66 Å². The zero-order valence-corrected chi connectivity index (χ0v) is 7.42. The minimum atomic E-state index is -0.566. The van der Waals surface area contributed by atoms with Crippen LogP contribution < -0.4 is 10.5 Å². The van der Waals surface area contributed by atoms with Crippen LogP contribution in [0.1, 0.15) is 6.42 Å². The summed E-state index contributed by atoms with van der Waals surface area (Å²) < 4.78 is 5.06. The van der Waals surface area contributed by atoms with Gasteiger partial charge in [-0.25, -0.2) is 0 Å². The quantitative estimate of drug-likeness (QED) is 0.409. The van der Waals surface area contributed by atoms with Crippen LogP contribution in [-0.2, 0) is 0 Å². The van der Waals surface area contributed by atoms with Crippen molar-refractivity contribution in [2.45, 2.75) is 6.42 Å². The van der Waals surface area contributed by atoms with Gasteiger partial charge in [-0.15, -0.1) is 0 Å². The van der Waals surface area contributed by atoms with Crippen LogP contribution in [0.5, 0.6) is 6.01 Å². The van der Waals surface area contributed by atoms with E-state index in [1.807, 2.05) is 0 Å². The highest BCUT2D eigenvalue weighted by Gasteiger charge is 2.06. The highest BCUT2D eigenvalue weighted by atomic mass is 16.6. The van der Waals surface area contributed by atoms with Crippen molar-refractivity contribution in [3.8, 4) is 6.01 Å². The molecule has 2 N–H and O–H groups in total. The van der Waals surface area contributed by atoms with Crippen molar-refractivity contribution in [2.75, 3.05) is 13.2 Å². The van der Waals surface area contributed by atoms with Crippen molar-refractivity contribution in [3.63, 3.8) is 0 Å². The zero-order chi connectivity index (χ0) is 10.4. The Bertz CT molecular complexity index is 300. The van der Waals surface area contributed by atoms with Crippen LogP contribution in [-0.4, -0.2) is 28.0 Å². The first kappa shape index (κ1) is 10.3. The lowest BCUT2D eigenvalue weighted by Crippen LogP contribution is -2.07. The summed E-state index contributed by atoms with van der Waals surface area (Å²) in [5.74, 6) is 0. The van der Waals surface area contributed by atoms with E-state index in [1.54, 1.807) is 0 Å². The Labute approximate surface area is 80.1 Å². The molecule has 14 heavy (non-hydrogen) atoms. The Morgan fingerprint density at radius 1 is 1.50 bits per heavy atom. The molecule has 0 saturated heterocycles. The van der Waals surface area contributed by atoms with E-state index in [9.17, 15) is 10.1 Å². The normalized spacial score (nSPS) is 9.79. The SMILES string of the molecule is NCCCOc1ncc([N+](=O)[O-])cn1. The number of rotatable bonds is 5. The Morgan fingerprint density at radius 2 is 2.14 bits per heavy atom. The standard InChI is InChI=1S/C7H10N4O3/c8-2-1-3-14-7-9-4-6(5-10-7)11(12)13/h4-5H,1-3,8H2. The lowest BCUT2D eigenvalue weighted by atomic mass is 10.5. The monoisotopic (exact) mass is 198 g/mol. The van der Waals surface area contributed by atoms with Gasteiger partial charge in [0.2, 0.25) is 0 Å². The molecule has 0 aliphatic heterocycles. The lowest BCUT2D eigenvalue weighted by molar-refractivity contribution is -0.385. The van der Waals surface area contributed by atoms with E-state index in [1.165, 1.54) is 0 Å². The maximum atomic E-state index is 10.2. The maximum absolute atomic E-state index is 10.2. The van der Waals surface area contributed by atoms with E-state index in [0.29, 0.717) is 19.6 Å². The smallest absolute Gasteiger partial charge is 0.316 e. The molecular weight excluding hydrogens is 188 g/mol. The number of nitro groups is 1. The largest absolute Gasteiger partial charge is 0.463 e. The molecule has 1 aromatic rings. The van der Waals surface area contributed by atoms with Crippen molar-refractivity contribution in [1.29, 1.82) is 0 Å². The molecule has 0 fully saturated rings. The topological polar surface area (TPSA) is 104 Å². The Kier molecular flexibility index (Phi) is 3.74. The molecule has 1 aromatic heterocycles. The minimum Gasteiger partial charge on any atom is -0.463 e. The molecule has 0 amide bonds. The molecule has 0 bridgehead atoms. The van der Waals surface area contributed by atoms with Crippen molar-refractivity contribution >= 4 is 5.69 Å². The van der Waals surface area contributed by atoms with Gasteiger partial charge in [0.1, 0.15) is 12.4 Å². The molecule has 1 rings (SSSR count). The number of aromatic nitrogens is 2. The summed E-state index contributed by atoms with van der Waals surface area (Å²) in [5.41, 5.74) is 5.09. The van der Waals surface area contributed by atoms with Crippen LogP contribution in [0.25, 0.3) is 0 Å². The second kappa shape index (κ2) is 5.07. The molecule has 0 atom stereocenters. The van der Waals surface area contributed by atoms with Crippen LogP contribution in [0.4, 0.5) is 5.69 Å². The fourth-order valence-corrected chi connectivity index (χ4v) is 0.725. The molecule has 7 nitrogen and oxygen atoms in total. The molecule has 0 aromatic carbocycles. The van der Waals surface area contributed by atoms with E-state index in [2.05, 4.69) is 9.97 Å². The first-order chi connectivity index (χ1) is 6.74. The van der Waals surface area contributed by atoms with Gasteiger partial charge in [0.25, 0.3) is 0 Å². The number of nitrogens with two attached hydrogens (primary N) is 1. The van der Waals surface area contributed by atoms with Gasteiger partial charge in [-0.05, 0) is 13.0 Å². The van der Waals surface area contributed by atoms with E-state index < -0.39 is 4.92 Å². The van der Waals surface area contributed by atoms with E-state index >= 15 is 0 Å². The average molecular weight is 198 g/mol. The third kappa shape index (κ3) is 2.94. The summed E-state index contributed by atoms with van der Waals surface area (Å²) in [6.45, 7) is 0.932. The van der Waals surface area contributed by atoms with Gasteiger partial charge in [0.15, 0.2) is 0 Å². The Hall–Kier alpha value is -1.76. The van der Waals surface area contributed by atoms with Crippen LogP contribution in [0.15, 0.2) is 12.4 Å². The molecule has 0 radical (unpaired) electrons. The first-order valence-electron chi connectivity index (χ1n) is 4.03. The number of hydrogen-bond acceptors (Lipinski definition) is 6. The highest BCUT2D eigenvalue weighted by molar-refractivity contribution is 5.21. The summed E-state index contributed by atoms with van der Waals surface area (Å²) in [4.78, 5) is 17.0. The predicted octanol–water partition coefficient (Wildman–Crippen LogP) is 0.112. The van der Waals surface area contributed by atoms with Gasteiger partial charge in [-0.3, -0.25) is 10.1 Å². The van der Waals surface area contributed by atoms with E-state index in [4.69, 9.17) is 10.5 Å². The van der Waals surface area contributed by atoms with Gasteiger partial charge in [-0.2, -0.15) is 9.97 Å². The Balaban J connectivity index is 2.51. The van der Waals surface area contributed by atoms with Crippen LogP contribution in [0, 0.1) is 10.1 Å². The van der Waals surface area contributed by atoms with E-state index in [-0.39, 0.29) is 11.7 Å². The predicted molar refractivity (Wildman–Crippen MR) is 47.9 cm³/mol. The molecule has 0 unspecified atom stereocenters. The fraction of sp³-hybridized carbons (Fsp3) is 0.429. The third-order valence-corrected chi connectivity index (χ3v) is 1.40. The summed E-state index contributed by atoms with van der Waals surface area (Å²) in [7, 11) is 0. The van der Waals surface area contributed by atoms with Crippen molar-refractivity contribution in [3.05, 3.63) is 22.5 Å². The first-order valence-corrected chi connectivity index (χ1v) is 4.03. The van der Waals surface area contributed by atoms with Crippen LogP contribution in [0.2, 0.25) is 0 Å². The molecule has 0 spiro atoms. The minimum absolute atomic E-state index is 0.129. The molecule has 0 aliphatic carbocycles. The second-order valence-electron chi connectivity index (χ2n) is 2.47. The average Bonchev–Trinajstić information content (AvgIpc) is 2.19. The second-order valence-corrected chi connectivity index (χ2v) is 2.47. The van der Waals surface area contributed by atoms with Gasteiger partial charge >= 0.3 is 11.7 Å². The van der Waals surface area contributed by atoms with Crippen molar-refractivity contribution in [2.24, 2.45) is 5.73 Å². The molecule has 0 aliphatic rings. The molecule has 7 heteroatoms. The summed E-state index contributed by atoms with van der Waals surface area (Å²) in [6.07, 6.45) is 2.90. The summed E-state index contributed by atoms with van der Waals surface area (Å²) >= 11 is 0. The van der Waals surface area contributed by atoms with Gasteiger partial charge in [0.05, 0.1) is 11.5 Å². The summed E-state index contributed by atoms with van der Waals surface area (Å²) in [5, 5.41) is 10.2. The number of hydrogen-bond donors (Lipinski definition) is 1. The molecule has 76 valence electrons.